The Morgan fingerprint density at radius 3 is 3.05 bits per heavy atom. The summed E-state index contributed by atoms with van der Waals surface area (Å²) in [4.78, 5) is 14.0. The lowest BCUT2D eigenvalue weighted by atomic mass is 9.71. The maximum absolute atomic E-state index is 13.1. The molecular weight excluding hydrogens is 271 g/mol. The molecule has 5 heteroatoms. The van der Waals surface area contributed by atoms with Gasteiger partial charge < -0.3 is 15.3 Å². The summed E-state index contributed by atoms with van der Waals surface area (Å²) in [5.74, 6) is -0.202. The van der Waals surface area contributed by atoms with Gasteiger partial charge >= 0.3 is 6.03 Å². The summed E-state index contributed by atoms with van der Waals surface area (Å²) < 4.78 is 13.1. The van der Waals surface area contributed by atoms with Crippen LogP contribution in [0.25, 0.3) is 0 Å². The number of aliphatic hydroxyl groups is 1. The number of hydrogen-bond acceptors (Lipinski definition) is 2. The second kappa shape index (κ2) is 5.64. The van der Waals surface area contributed by atoms with Crippen molar-refractivity contribution in [3.8, 4) is 0 Å². The number of amides is 2. The molecule has 0 radical (unpaired) electrons. The predicted molar refractivity (Wildman–Crippen MR) is 78.5 cm³/mol. The van der Waals surface area contributed by atoms with Crippen LogP contribution in [0.4, 0.5) is 14.9 Å². The van der Waals surface area contributed by atoms with Gasteiger partial charge in [-0.25, -0.2) is 9.18 Å². The van der Waals surface area contributed by atoms with E-state index in [1.165, 1.54) is 12.1 Å². The fraction of sp³-hybridized carbons (Fsp3) is 0.562. The summed E-state index contributed by atoms with van der Waals surface area (Å²) in [7, 11) is 0. The Kier molecular flexibility index (Phi) is 3.85. The van der Waals surface area contributed by atoms with Gasteiger partial charge in [0.25, 0.3) is 0 Å². The average Bonchev–Trinajstić information content (AvgIpc) is 2.46. The van der Waals surface area contributed by atoms with Crippen LogP contribution in [0.3, 0.4) is 0 Å². The number of urea groups is 1. The molecule has 1 aromatic carbocycles. The molecule has 1 aliphatic heterocycles. The van der Waals surface area contributed by atoms with E-state index in [0.717, 1.165) is 25.7 Å². The van der Waals surface area contributed by atoms with Crippen molar-refractivity contribution in [1.29, 1.82) is 0 Å². The molecule has 0 bridgehead atoms. The van der Waals surface area contributed by atoms with E-state index in [-0.39, 0.29) is 17.8 Å². The summed E-state index contributed by atoms with van der Waals surface area (Å²) in [6.07, 6.45) is 4.64. The molecular formula is C16H21FN2O2. The van der Waals surface area contributed by atoms with Crippen molar-refractivity contribution in [1.82, 2.24) is 4.90 Å². The fourth-order valence-electron chi connectivity index (χ4n) is 3.52. The van der Waals surface area contributed by atoms with Crippen LogP contribution in [0.15, 0.2) is 24.3 Å². The van der Waals surface area contributed by atoms with Gasteiger partial charge in [-0.1, -0.05) is 18.9 Å². The molecule has 1 saturated heterocycles. The third-order valence-corrected chi connectivity index (χ3v) is 4.79. The van der Waals surface area contributed by atoms with Crippen LogP contribution in [0.2, 0.25) is 0 Å². The number of nitrogens with zero attached hydrogens (tertiary/aromatic N) is 1. The maximum Gasteiger partial charge on any atom is 0.321 e. The normalized spacial score (nSPS) is 28.9. The molecule has 1 heterocycles. The SMILES string of the molecule is O=C(Nc1cccc(F)c1)N1CCC2(O)CCCCC2C1. The minimum Gasteiger partial charge on any atom is -0.389 e. The number of carbonyl (C=O) groups excluding carboxylic acids is 1. The summed E-state index contributed by atoms with van der Waals surface area (Å²) in [5, 5.41) is 13.3. The van der Waals surface area contributed by atoms with Gasteiger partial charge in [0.2, 0.25) is 0 Å². The van der Waals surface area contributed by atoms with Gasteiger partial charge in [0, 0.05) is 24.7 Å². The van der Waals surface area contributed by atoms with Gasteiger partial charge in [0.1, 0.15) is 5.82 Å². The van der Waals surface area contributed by atoms with E-state index in [0.29, 0.717) is 25.2 Å². The molecule has 0 aromatic heterocycles. The number of anilines is 1. The molecule has 1 aromatic rings. The number of rotatable bonds is 1. The van der Waals surface area contributed by atoms with E-state index in [9.17, 15) is 14.3 Å². The van der Waals surface area contributed by atoms with Crippen LogP contribution >= 0.6 is 0 Å². The lowest BCUT2D eigenvalue weighted by Crippen LogP contribution is -2.55. The van der Waals surface area contributed by atoms with Gasteiger partial charge in [0.15, 0.2) is 0 Å². The zero-order chi connectivity index (χ0) is 14.9. The van der Waals surface area contributed by atoms with Gasteiger partial charge in [-0.2, -0.15) is 0 Å². The molecule has 21 heavy (non-hydrogen) atoms. The molecule has 2 atom stereocenters. The number of nitrogens with one attached hydrogen (secondary N) is 1. The number of likely N-dealkylation sites (tertiary alicyclic amines) is 1. The summed E-state index contributed by atoms with van der Waals surface area (Å²) in [6.45, 7) is 1.13. The summed E-state index contributed by atoms with van der Waals surface area (Å²) in [5.41, 5.74) is -0.127. The minimum atomic E-state index is -0.589. The molecule has 114 valence electrons. The second-order valence-corrected chi connectivity index (χ2v) is 6.18. The van der Waals surface area contributed by atoms with E-state index in [2.05, 4.69) is 5.32 Å². The van der Waals surface area contributed by atoms with Crippen molar-refractivity contribution in [3.63, 3.8) is 0 Å². The number of piperidine rings is 1. The molecule has 2 amide bonds. The minimum absolute atomic E-state index is 0.165. The largest absolute Gasteiger partial charge is 0.389 e. The van der Waals surface area contributed by atoms with E-state index >= 15 is 0 Å². The number of benzene rings is 1. The van der Waals surface area contributed by atoms with E-state index in [1.807, 2.05) is 0 Å². The first-order chi connectivity index (χ1) is 10.1. The molecule has 1 aliphatic carbocycles. The van der Waals surface area contributed by atoms with Crippen molar-refractivity contribution >= 4 is 11.7 Å². The first-order valence-electron chi connectivity index (χ1n) is 7.61. The lowest BCUT2D eigenvalue weighted by molar-refractivity contribution is -0.0863. The quantitative estimate of drug-likeness (QED) is 0.836. The van der Waals surface area contributed by atoms with Crippen molar-refractivity contribution in [2.24, 2.45) is 5.92 Å². The fourth-order valence-corrected chi connectivity index (χ4v) is 3.52. The third kappa shape index (κ3) is 3.02. The first-order valence-corrected chi connectivity index (χ1v) is 7.61. The molecule has 3 rings (SSSR count). The van der Waals surface area contributed by atoms with Gasteiger partial charge in [0.05, 0.1) is 5.60 Å². The maximum atomic E-state index is 13.1. The number of hydrogen-bond donors (Lipinski definition) is 2. The summed E-state index contributed by atoms with van der Waals surface area (Å²) >= 11 is 0. The van der Waals surface area contributed by atoms with E-state index in [1.54, 1.807) is 17.0 Å². The molecule has 2 aliphatic rings. The zero-order valence-electron chi connectivity index (χ0n) is 12.0. The van der Waals surface area contributed by atoms with Crippen molar-refractivity contribution in [3.05, 3.63) is 30.1 Å². The smallest absolute Gasteiger partial charge is 0.321 e. The number of halogens is 1. The van der Waals surface area contributed by atoms with E-state index < -0.39 is 5.60 Å². The van der Waals surface area contributed by atoms with Crippen LogP contribution in [0.5, 0.6) is 0 Å². The van der Waals surface area contributed by atoms with Crippen LogP contribution < -0.4 is 5.32 Å². The Labute approximate surface area is 124 Å². The van der Waals surface area contributed by atoms with Gasteiger partial charge in [-0.3, -0.25) is 0 Å². The third-order valence-electron chi connectivity index (χ3n) is 4.79. The number of carbonyl (C=O) groups is 1. The molecule has 2 N–H and O–H groups in total. The monoisotopic (exact) mass is 292 g/mol. The molecule has 1 saturated carbocycles. The molecule has 2 fully saturated rings. The predicted octanol–water partition coefficient (Wildman–Crippen LogP) is 2.98. The van der Waals surface area contributed by atoms with Crippen molar-refractivity contribution in [2.75, 3.05) is 18.4 Å². The standard InChI is InChI=1S/C16H21FN2O2/c17-13-5-3-6-14(10-13)18-15(20)19-9-8-16(21)7-2-1-4-12(16)11-19/h3,5-6,10,12,21H,1-2,4,7-9,11H2,(H,18,20). The highest BCUT2D eigenvalue weighted by Gasteiger charge is 2.43. The molecule has 0 spiro atoms. The number of fused-ring (bicyclic) bond motifs is 1. The molecule has 2 unspecified atom stereocenters. The highest BCUT2D eigenvalue weighted by atomic mass is 19.1. The van der Waals surface area contributed by atoms with Crippen LogP contribution in [0.1, 0.15) is 32.1 Å². The van der Waals surface area contributed by atoms with Crippen LogP contribution in [-0.2, 0) is 0 Å². The van der Waals surface area contributed by atoms with Crippen LogP contribution in [0, 0.1) is 11.7 Å². The highest BCUT2D eigenvalue weighted by molar-refractivity contribution is 5.89. The highest BCUT2D eigenvalue weighted by Crippen LogP contribution is 2.39. The van der Waals surface area contributed by atoms with Crippen molar-refractivity contribution in [2.45, 2.75) is 37.7 Å². The zero-order valence-corrected chi connectivity index (χ0v) is 12.0. The van der Waals surface area contributed by atoms with Gasteiger partial charge in [-0.15, -0.1) is 0 Å². The van der Waals surface area contributed by atoms with Crippen molar-refractivity contribution < 1.29 is 14.3 Å². The Morgan fingerprint density at radius 2 is 2.24 bits per heavy atom. The lowest BCUT2D eigenvalue weighted by Gasteiger charge is -2.47. The Hall–Kier alpha value is -1.62. The Morgan fingerprint density at radius 1 is 1.38 bits per heavy atom. The topological polar surface area (TPSA) is 52.6 Å². The van der Waals surface area contributed by atoms with Gasteiger partial charge in [-0.05, 0) is 37.5 Å². The Bertz CT molecular complexity index is 537. The van der Waals surface area contributed by atoms with E-state index in [4.69, 9.17) is 0 Å². The second-order valence-electron chi connectivity index (χ2n) is 6.18. The average molecular weight is 292 g/mol. The summed E-state index contributed by atoms with van der Waals surface area (Å²) in [6, 6.07) is 5.67. The first kappa shape index (κ1) is 14.3. The Balaban J connectivity index is 1.64. The molecule has 4 nitrogen and oxygen atoms in total. The van der Waals surface area contributed by atoms with Crippen LogP contribution in [-0.4, -0.2) is 34.7 Å².